The fourth-order valence-corrected chi connectivity index (χ4v) is 3.43. The van der Waals surface area contributed by atoms with Crippen LogP contribution in [0.4, 0.5) is 0 Å². The Bertz CT molecular complexity index is 579. The molecule has 1 aliphatic carbocycles. The van der Waals surface area contributed by atoms with Gasteiger partial charge in [0.15, 0.2) is 0 Å². The summed E-state index contributed by atoms with van der Waals surface area (Å²) < 4.78 is -1.03. The summed E-state index contributed by atoms with van der Waals surface area (Å²) >= 11 is 1.18. The topological polar surface area (TPSA) is 74.7 Å². The molecule has 1 saturated carbocycles. The van der Waals surface area contributed by atoms with Crippen molar-refractivity contribution in [3.63, 3.8) is 0 Å². The van der Waals surface area contributed by atoms with Gasteiger partial charge in [0.2, 0.25) is 0 Å². The highest BCUT2D eigenvalue weighted by Gasteiger charge is 2.66. The highest BCUT2D eigenvalue weighted by atomic mass is 32.2. The summed E-state index contributed by atoms with van der Waals surface area (Å²) in [5.41, 5.74) is 0.722. The van der Waals surface area contributed by atoms with Crippen molar-refractivity contribution in [3.05, 3.63) is 35.4 Å². The number of carbonyl (C=O) groups is 3. The van der Waals surface area contributed by atoms with E-state index in [1.54, 1.807) is 30.5 Å². The van der Waals surface area contributed by atoms with Gasteiger partial charge in [0.05, 0.1) is 17.2 Å². The molecule has 2 aliphatic rings. The number of nitrogens with zero attached hydrogens (tertiary/aromatic N) is 1. The molecule has 0 bridgehead atoms. The van der Waals surface area contributed by atoms with E-state index in [2.05, 4.69) is 0 Å². The second-order valence-electron chi connectivity index (χ2n) is 4.64. The maximum absolute atomic E-state index is 12.2. The number of carboxylic acid groups (broad SMARTS) is 1. The lowest BCUT2D eigenvalue weighted by atomic mass is 10.1. The van der Waals surface area contributed by atoms with Gasteiger partial charge in [-0.2, -0.15) is 0 Å². The van der Waals surface area contributed by atoms with E-state index in [0.717, 1.165) is 4.90 Å². The van der Waals surface area contributed by atoms with Crippen LogP contribution < -0.4 is 0 Å². The van der Waals surface area contributed by atoms with Crippen molar-refractivity contribution in [2.24, 2.45) is 0 Å². The number of fused-ring (bicyclic) bond motifs is 1. The average molecular weight is 277 g/mol. The number of imide groups is 1. The van der Waals surface area contributed by atoms with Crippen LogP contribution in [0, 0.1) is 0 Å². The Kier molecular flexibility index (Phi) is 2.47. The second kappa shape index (κ2) is 3.84. The van der Waals surface area contributed by atoms with Crippen LogP contribution in [0.15, 0.2) is 24.3 Å². The van der Waals surface area contributed by atoms with E-state index in [1.807, 2.05) is 0 Å². The number of hydrogen-bond donors (Lipinski definition) is 1. The highest BCUT2D eigenvalue weighted by molar-refractivity contribution is 8.01. The lowest BCUT2D eigenvalue weighted by molar-refractivity contribution is -0.137. The SMILES string of the molecule is CSC1(C(=O)O)CC1N1C(=O)c2ccccc2C1=O. The Labute approximate surface area is 113 Å². The van der Waals surface area contributed by atoms with Gasteiger partial charge in [-0.1, -0.05) is 12.1 Å². The number of amides is 2. The first-order chi connectivity index (χ1) is 9.03. The van der Waals surface area contributed by atoms with Gasteiger partial charge in [-0.25, -0.2) is 0 Å². The lowest BCUT2D eigenvalue weighted by Crippen LogP contribution is -2.38. The molecule has 1 aromatic carbocycles. The predicted octanol–water partition coefficient (Wildman–Crippen LogP) is 1.24. The summed E-state index contributed by atoms with van der Waals surface area (Å²) in [5.74, 6) is -1.74. The van der Waals surface area contributed by atoms with Gasteiger partial charge in [0.25, 0.3) is 11.8 Å². The van der Waals surface area contributed by atoms with Gasteiger partial charge in [0.1, 0.15) is 4.75 Å². The molecule has 0 aromatic heterocycles. The van der Waals surface area contributed by atoms with Crippen LogP contribution in [-0.2, 0) is 4.79 Å². The zero-order valence-corrected chi connectivity index (χ0v) is 10.9. The van der Waals surface area contributed by atoms with Gasteiger partial charge in [0, 0.05) is 0 Å². The Morgan fingerprint density at radius 1 is 1.32 bits per heavy atom. The summed E-state index contributed by atoms with van der Waals surface area (Å²) in [6.07, 6.45) is 2.00. The van der Waals surface area contributed by atoms with E-state index in [1.165, 1.54) is 11.8 Å². The van der Waals surface area contributed by atoms with Crippen molar-refractivity contribution in [1.29, 1.82) is 0 Å². The van der Waals surface area contributed by atoms with Crippen LogP contribution in [0.5, 0.6) is 0 Å². The summed E-state index contributed by atoms with van der Waals surface area (Å²) in [4.78, 5) is 36.8. The van der Waals surface area contributed by atoms with E-state index >= 15 is 0 Å². The number of benzene rings is 1. The number of rotatable bonds is 3. The molecule has 0 radical (unpaired) electrons. The molecule has 3 rings (SSSR count). The first-order valence-corrected chi connectivity index (χ1v) is 7.01. The van der Waals surface area contributed by atoms with Crippen molar-refractivity contribution in [2.75, 3.05) is 6.26 Å². The Hall–Kier alpha value is -1.82. The van der Waals surface area contributed by atoms with Crippen LogP contribution >= 0.6 is 11.8 Å². The van der Waals surface area contributed by atoms with Crippen LogP contribution in [-0.4, -0.2) is 44.8 Å². The Morgan fingerprint density at radius 2 is 1.84 bits per heavy atom. The predicted molar refractivity (Wildman–Crippen MR) is 69.2 cm³/mol. The molecule has 2 atom stereocenters. The van der Waals surface area contributed by atoms with Crippen LogP contribution in [0.1, 0.15) is 27.1 Å². The minimum Gasteiger partial charge on any atom is -0.480 e. The molecule has 2 amide bonds. The van der Waals surface area contributed by atoms with Gasteiger partial charge < -0.3 is 5.11 Å². The largest absolute Gasteiger partial charge is 0.480 e. The Morgan fingerprint density at radius 3 is 2.21 bits per heavy atom. The molecule has 0 spiro atoms. The third-order valence-corrected chi connectivity index (χ3v) is 5.08. The van der Waals surface area contributed by atoms with E-state index in [-0.39, 0.29) is 11.8 Å². The van der Waals surface area contributed by atoms with Crippen molar-refractivity contribution < 1.29 is 19.5 Å². The average Bonchev–Trinajstić information content (AvgIpc) is 3.09. The number of thioether (sulfide) groups is 1. The van der Waals surface area contributed by atoms with E-state index in [0.29, 0.717) is 17.5 Å². The summed E-state index contributed by atoms with van der Waals surface area (Å²) in [7, 11) is 0. The molecule has 1 heterocycles. The molecule has 2 unspecified atom stereocenters. The summed E-state index contributed by atoms with van der Waals surface area (Å²) in [6, 6.07) is 6.03. The number of hydrogen-bond acceptors (Lipinski definition) is 4. The molecular weight excluding hydrogens is 266 g/mol. The van der Waals surface area contributed by atoms with E-state index in [4.69, 9.17) is 0 Å². The third kappa shape index (κ3) is 1.46. The van der Waals surface area contributed by atoms with Crippen LogP contribution in [0.3, 0.4) is 0 Å². The normalized spacial score (nSPS) is 28.5. The van der Waals surface area contributed by atoms with Gasteiger partial charge in [-0.3, -0.25) is 19.3 Å². The molecule has 1 aromatic rings. The second-order valence-corrected chi connectivity index (χ2v) is 5.78. The first-order valence-electron chi connectivity index (χ1n) is 5.78. The molecule has 5 nitrogen and oxygen atoms in total. The van der Waals surface area contributed by atoms with E-state index in [9.17, 15) is 19.5 Å². The molecule has 19 heavy (non-hydrogen) atoms. The minimum absolute atomic E-state index is 0.314. The van der Waals surface area contributed by atoms with Gasteiger partial charge in [-0.15, -0.1) is 11.8 Å². The molecule has 0 saturated heterocycles. The fraction of sp³-hybridized carbons (Fsp3) is 0.308. The molecule has 1 aliphatic heterocycles. The third-order valence-electron chi connectivity index (χ3n) is 3.74. The summed E-state index contributed by atoms with van der Waals surface area (Å²) in [5, 5.41) is 9.25. The summed E-state index contributed by atoms with van der Waals surface area (Å²) in [6.45, 7) is 0. The lowest BCUT2D eigenvalue weighted by Gasteiger charge is -2.17. The molecular formula is C13H11NO4S. The van der Waals surface area contributed by atoms with Crippen LogP contribution in [0.2, 0.25) is 0 Å². The number of carboxylic acids is 1. The van der Waals surface area contributed by atoms with Crippen LogP contribution in [0.25, 0.3) is 0 Å². The molecule has 1 fully saturated rings. The van der Waals surface area contributed by atoms with E-state index < -0.39 is 16.8 Å². The highest BCUT2D eigenvalue weighted by Crippen LogP contribution is 2.52. The molecule has 1 N–H and O–H groups in total. The zero-order chi connectivity index (χ0) is 13.8. The smallest absolute Gasteiger partial charge is 0.322 e. The van der Waals surface area contributed by atoms with Crippen molar-refractivity contribution >= 4 is 29.5 Å². The minimum atomic E-state index is -1.03. The molecule has 98 valence electrons. The van der Waals surface area contributed by atoms with Crippen molar-refractivity contribution in [2.45, 2.75) is 17.2 Å². The quantitative estimate of drug-likeness (QED) is 0.841. The zero-order valence-electron chi connectivity index (χ0n) is 10.1. The van der Waals surface area contributed by atoms with Gasteiger partial charge in [-0.05, 0) is 24.8 Å². The Balaban J connectivity index is 1.97. The standard InChI is InChI=1S/C13H11NO4S/c1-19-13(12(17)18)6-9(13)14-10(15)7-4-2-3-5-8(7)11(14)16/h2-5,9H,6H2,1H3,(H,17,18). The fourth-order valence-electron chi connectivity index (χ4n) is 2.56. The van der Waals surface area contributed by atoms with Crippen molar-refractivity contribution in [3.8, 4) is 0 Å². The number of aliphatic carboxylic acids is 1. The maximum Gasteiger partial charge on any atom is 0.322 e. The molecule has 6 heteroatoms. The van der Waals surface area contributed by atoms with Crippen molar-refractivity contribution in [1.82, 2.24) is 4.90 Å². The first kappa shape index (κ1) is 12.2. The number of carbonyl (C=O) groups excluding carboxylic acids is 2. The van der Waals surface area contributed by atoms with Gasteiger partial charge >= 0.3 is 5.97 Å². The maximum atomic E-state index is 12.2. The monoisotopic (exact) mass is 277 g/mol.